The first-order valence-corrected chi connectivity index (χ1v) is 11.5. The molecule has 6 nitrogen and oxygen atoms in total. The minimum atomic E-state index is 0.0210. The van der Waals surface area contributed by atoms with E-state index in [1.165, 1.54) is 18.4 Å². The number of ketones is 1. The van der Waals surface area contributed by atoms with Crippen molar-refractivity contribution in [1.82, 2.24) is 14.7 Å². The van der Waals surface area contributed by atoms with Gasteiger partial charge in [0.15, 0.2) is 5.78 Å². The Balaban J connectivity index is 1.38. The molecule has 2 heterocycles. The molecule has 1 aromatic carbocycles. The molecule has 1 aromatic rings. The van der Waals surface area contributed by atoms with E-state index in [0.29, 0.717) is 25.2 Å². The summed E-state index contributed by atoms with van der Waals surface area (Å²) in [6.45, 7) is 7.00. The number of piperazine rings is 1. The average molecular weight is 414 g/mol. The molecule has 0 aromatic heterocycles. The monoisotopic (exact) mass is 413 g/mol. The Kier molecular flexibility index (Phi) is 8.43. The zero-order valence-electron chi connectivity index (χ0n) is 18.3. The summed E-state index contributed by atoms with van der Waals surface area (Å²) in [6.07, 6.45) is 6.10. The van der Waals surface area contributed by atoms with Crippen LogP contribution in [0.5, 0.6) is 0 Å². The van der Waals surface area contributed by atoms with E-state index >= 15 is 0 Å². The summed E-state index contributed by atoms with van der Waals surface area (Å²) in [5.41, 5.74) is 1.88. The minimum Gasteiger partial charge on any atom is -0.342 e. The van der Waals surface area contributed by atoms with E-state index in [1.54, 1.807) is 0 Å². The lowest BCUT2D eigenvalue weighted by Crippen LogP contribution is -2.51. The van der Waals surface area contributed by atoms with Gasteiger partial charge < -0.3 is 9.80 Å². The molecule has 0 saturated carbocycles. The van der Waals surface area contributed by atoms with Crippen LogP contribution < -0.4 is 0 Å². The summed E-state index contributed by atoms with van der Waals surface area (Å²) in [7, 11) is 0. The normalized spacial score (nSPS) is 18.2. The first kappa shape index (κ1) is 22.5. The smallest absolute Gasteiger partial charge is 0.236 e. The molecule has 0 atom stereocenters. The number of hydrogen-bond acceptors (Lipinski definition) is 4. The highest BCUT2D eigenvalue weighted by atomic mass is 16.2. The maximum Gasteiger partial charge on any atom is 0.236 e. The SMILES string of the molecule is CCc1ccc(C(=O)CCC(=O)N2CCN(CC(=O)N3CCCCCC3)CC2)cc1. The molecule has 30 heavy (non-hydrogen) atoms. The second-order valence-electron chi connectivity index (χ2n) is 8.43. The molecular formula is C24H35N3O3. The summed E-state index contributed by atoms with van der Waals surface area (Å²) < 4.78 is 0. The van der Waals surface area contributed by atoms with Crippen LogP contribution in [0.15, 0.2) is 24.3 Å². The Bertz CT molecular complexity index is 716. The zero-order valence-corrected chi connectivity index (χ0v) is 18.3. The van der Waals surface area contributed by atoms with Crippen LogP contribution in [-0.4, -0.2) is 78.1 Å². The number of benzene rings is 1. The third-order valence-electron chi connectivity index (χ3n) is 6.29. The van der Waals surface area contributed by atoms with Crippen molar-refractivity contribution < 1.29 is 14.4 Å². The second kappa shape index (κ2) is 11.3. The van der Waals surface area contributed by atoms with Gasteiger partial charge in [0.05, 0.1) is 6.54 Å². The molecule has 2 aliphatic heterocycles. The highest BCUT2D eigenvalue weighted by Crippen LogP contribution is 2.13. The lowest BCUT2D eigenvalue weighted by Gasteiger charge is -2.35. The van der Waals surface area contributed by atoms with Crippen molar-refractivity contribution >= 4 is 17.6 Å². The van der Waals surface area contributed by atoms with Crippen LogP contribution in [0.25, 0.3) is 0 Å². The number of hydrogen-bond donors (Lipinski definition) is 0. The average Bonchev–Trinajstić information content (AvgIpc) is 3.07. The van der Waals surface area contributed by atoms with Crippen molar-refractivity contribution in [2.45, 2.75) is 51.9 Å². The number of likely N-dealkylation sites (tertiary alicyclic amines) is 1. The zero-order chi connectivity index (χ0) is 21.3. The van der Waals surface area contributed by atoms with Gasteiger partial charge in [-0.3, -0.25) is 19.3 Å². The van der Waals surface area contributed by atoms with Gasteiger partial charge in [-0.1, -0.05) is 44.0 Å². The van der Waals surface area contributed by atoms with Crippen molar-refractivity contribution in [2.75, 3.05) is 45.8 Å². The number of nitrogens with zero attached hydrogens (tertiary/aromatic N) is 3. The predicted molar refractivity (Wildman–Crippen MR) is 117 cm³/mol. The molecule has 3 rings (SSSR count). The maximum absolute atomic E-state index is 12.6. The number of rotatable bonds is 7. The van der Waals surface area contributed by atoms with Gasteiger partial charge in [-0.25, -0.2) is 0 Å². The molecular weight excluding hydrogens is 378 g/mol. The van der Waals surface area contributed by atoms with Crippen molar-refractivity contribution in [1.29, 1.82) is 0 Å². The van der Waals surface area contributed by atoms with E-state index in [-0.39, 0.29) is 30.4 Å². The van der Waals surface area contributed by atoms with Gasteiger partial charge in [-0.2, -0.15) is 0 Å². The van der Waals surface area contributed by atoms with Gasteiger partial charge in [-0.15, -0.1) is 0 Å². The summed E-state index contributed by atoms with van der Waals surface area (Å²) in [5, 5.41) is 0. The third kappa shape index (κ3) is 6.39. The number of carbonyl (C=O) groups is 3. The van der Waals surface area contributed by atoms with Crippen LogP contribution in [0.1, 0.15) is 61.4 Å². The van der Waals surface area contributed by atoms with E-state index in [1.807, 2.05) is 34.1 Å². The van der Waals surface area contributed by atoms with Crippen molar-refractivity contribution in [3.05, 3.63) is 35.4 Å². The third-order valence-corrected chi connectivity index (χ3v) is 6.29. The van der Waals surface area contributed by atoms with E-state index in [2.05, 4.69) is 11.8 Å². The van der Waals surface area contributed by atoms with Gasteiger partial charge in [0.1, 0.15) is 0 Å². The molecule has 2 aliphatic rings. The molecule has 0 bridgehead atoms. The van der Waals surface area contributed by atoms with Gasteiger partial charge in [-0.05, 0) is 24.8 Å². The largest absolute Gasteiger partial charge is 0.342 e. The number of Topliss-reactive ketones (excluding diaryl/α,β-unsaturated/α-hetero) is 1. The molecule has 6 heteroatoms. The highest BCUT2D eigenvalue weighted by molar-refractivity contribution is 5.98. The molecule has 164 valence electrons. The Morgan fingerprint density at radius 2 is 1.33 bits per heavy atom. The van der Waals surface area contributed by atoms with Gasteiger partial charge >= 0.3 is 0 Å². The molecule has 0 N–H and O–H groups in total. The molecule has 0 spiro atoms. The van der Waals surface area contributed by atoms with Crippen LogP contribution in [0.3, 0.4) is 0 Å². The standard InChI is InChI=1S/C24H35N3O3/c1-2-20-7-9-21(10-8-20)22(28)11-12-23(29)27-17-15-25(16-18-27)19-24(30)26-13-5-3-4-6-14-26/h7-10H,2-6,11-19H2,1H3. The summed E-state index contributed by atoms with van der Waals surface area (Å²) in [4.78, 5) is 43.4. The Labute approximate surface area is 180 Å². The minimum absolute atomic E-state index is 0.0210. The molecule has 2 fully saturated rings. The topological polar surface area (TPSA) is 60.9 Å². The van der Waals surface area contributed by atoms with Gasteiger partial charge in [0.25, 0.3) is 0 Å². The van der Waals surface area contributed by atoms with Gasteiger partial charge in [0, 0.05) is 57.7 Å². The first-order chi connectivity index (χ1) is 14.6. The van der Waals surface area contributed by atoms with E-state index < -0.39 is 0 Å². The quantitative estimate of drug-likeness (QED) is 0.645. The summed E-state index contributed by atoms with van der Waals surface area (Å²) in [5.74, 6) is 0.274. The van der Waals surface area contributed by atoms with Gasteiger partial charge in [0.2, 0.25) is 11.8 Å². The fourth-order valence-electron chi connectivity index (χ4n) is 4.22. The fraction of sp³-hybridized carbons (Fsp3) is 0.625. The van der Waals surface area contributed by atoms with Crippen molar-refractivity contribution in [3.63, 3.8) is 0 Å². The van der Waals surface area contributed by atoms with Crippen LogP contribution in [0.4, 0.5) is 0 Å². The highest BCUT2D eigenvalue weighted by Gasteiger charge is 2.24. The Hall–Kier alpha value is -2.21. The van der Waals surface area contributed by atoms with E-state index in [4.69, 9.17) is 0 Å². The van der Waals surface area contributed by atoms with Crippen LogP contribution in [0, 0.1) is 0 Å². The number of amides is 2. The summed E-state index contributed by atoms with van der Waals surface area (Å²) in [6, 6.07) is 7.65. The maximum atomic E-state index is 12.6. The predicted octanol–water partition coefficient (Wildman–Crippen LogP) is 2.76. The van der Waals surface area contributed by atoms with Crippen molar-refractivity contribution in [2.24, 2.45) is 0 Å². The van der Waals surface area contributed by atoms with E-state index in [9.17, 15) is 14.4 Å². The molecule has 2 saturated heterocycles. The first-order valence-electron chi connectivity index (χ1n) is 11.5. The number of carbonyl (C=O) groups excluding carboxylic acids is 3. The molecule has 2 amide bonds. The fourth-order valence-corrected chi connectivity index (χ4v) is 4.22. The Morgan fingerprint density at radius 1 is 0.733 bits per heavy atom. The van der Waals surface area contributed by atoms with Crippen molar-refractivity contribution in [3.8, 4) is 0 Å². The summed E-state index contributed by atoms with van der Waals surface area (Å²) >= 11 is 0. The van der Waals surface area contributed by atoms with Crippen LogP contribution in [-0.2, 0) is 16.0 Å². The molecule has 0 radical (unpaired) electrons. The second-order valence-corrected chi connectivity index (χ2v) is 8.43. The van der Waals surface area contributed by atoms with E-state index in [0.717, 1.165) is 45.4 Å². The molecule has 0 aliphatic carbocycles. The lowest BCUT2D eigenvalue weighted by molar-refractivity contribution is -0.135. The van der Waals surface area contributed by atoms with Crippen LogP contribution in [0.2, 0.25) is 0 Å². The van der Waals surface area contributed by atoms with Crippen LogP contribution >= 0.6 is 0 Å². The number of aryl methyl sites for hydroxylation is 1. The lowest BCUT2D eigenvalue weighted by atomic mass is 10.0. The molecule has 0 unspecified atom stereocenters. The Morgan fingerprint density at radius 3 is 1.93 bits per heavy atom.